The third-order valence-corrected chi connectivity index (χ3v) is 2.22. The Morgan fingerprint density at radius 1 is 1.50 bits per heavy atom. The molecule has 0 radical (unpaired) electrons. The van der Waals surface area contributed by atoms with Crippen LogP contribution in [0.3, 0.4) is 0 Å². The molecule has 0 aromatic heterocycles. The van der Waals surface area contributed by atoms with Gasteiger partial charge in [0.15, 0.2) is 0 Å². The molecule has 0 aliphatic rings. The lowest BCUT2D eigenvalue weighted by molar-refractivity contribution is 0.0335. The van der Waals surface area contributed by atoms with Gasteiger partial charge in [-0.05, 0) is 12.8 Å². The number of aliphatic hydroxyl groups is 1. The average molecular weight is 192 g/mol. The Balaban J connectivity index is 3.65. The van der Waals surface area contributed by atoms with Crippen LogP contribution < -0.4 is 5.32 Å². The molecule has 12 heavy (non-hydrogen) atoms. The minimum Gasteiger partial charge on any atom is -0.389 e. The summed E-state index contributed by atoms with van der Waals surface area (Å²) in [5, 5.41) is 13.4. The van der Waals surface area contributed by atoms with Gasteiger partial charge in [0.05, 0.1) is 5.60 Å². The number of hydrogen-bond acceptors (Lipinski definition) is 2. The van der Waals surface area contributed by atoms with Crippen LogP contribution in [0.2, 0.25) is 0 Å². The van der Waals surface area contributed by atoms with Crippen molar-refractivity contribution in [1.82, 2.24) is 5.32 Å². The predicted octanol–water partition coefficient (Wildman–Crippen LogP) is 1.88. The van der Waals surface area contributed by atoms with Gasteiger partial charge in [-0.15, -0.1) is 0 Å². The molecular formula is C9H18ClNO. The highest BCUT2D eigenvalue weighted by molar-refractivity contribution is 6.29. The van der Waals surface area contributed by atoms with Gasteiger partial charge in [0.1, 0.15) is 0 Å². The molecule has 0 saturated carbocycles. The van der Waals surface area contributed by atoms with E-state index in [1.54, 1.807) is 0 Å². The fraction of sp³-hybridized carbons (Fsp3) is 0.778. The molecule has 0 bridgehead atoms. The molecule has 0 aliphatic carbocycles. The summed E-state index contributed by atoms with van der Waals surface area (Å²) in [7, 11) is 0. The zero-order valence-electron chi connectivity index (χ0n) is 7.86. The monoisotopic (exact) mass is 191 g/mol. The number of halogens is 1. The summed E-state index contributed by atoms with van der Waals surface area (Å²) >= 11 is 5.55. The van der Waals surface area contributed by atoms with E-state index in [0.29, 0.717) is 18.1 Å². The molecule has 0 heterocycles. The zero-order chi connectivity index (χ0) is 9.61. The fourth-order valence-corrected chi connectivity index (χ4v) is 1.03. The van der Waals surface area contributed by atoms with Crippen molar-refractivity contribution in [3.8, 4) is 0 Å². The molecular weight excluding hydrogens is 174 g/mol. The van der Waals surface area contributed by atoms with E-state index >= 15 is 0 Å². The van der Waals surface area contributed by atoms with E-state index in [9.17, 15) is 5.11 Å². The first kappa shape index (κ1) is 11.9. The lowest BCUT2D eigenvalue weighted by atomic mass is 9.98. The second kappa shape index (κ2) is 5.57. The van der Waals surface area contributed by atoms with Crippen molar-refractivity contribution in [1.29, 1.82) is 0 Å². The molecule has 0 rings (SSSR count). The van der Waals surface area contributed by atoms with E-state index in [0.717, 1.165) is 12.8 Å². The third-order valence-electron chi connectivity index (χ3n) is 2.09. The molecule has 0 atom stereocenters. The van der Waals surface area contributed by atoms with Crippen molar-refractivity contribution in [3.63, 3.8) is 0 Å². The molecule has 0 fully saturated rings. The van der Waals surface area contributed by atoms with Crippen LogP contribution in [0.1, 0.15) is 26.7 Å². The normalized spacial score (nSPS) is 11.7. The largest absolute Gasteiger partial charge is 0.389 e. The smallest absolute Gasteiger partial charge is 0.0766 e. The van der Waals surface area contributed by atoms with Gasteiger partial charge in [-0.3, -0.25) is 0 Å². The van der Waals surface area contributed by atoms with Crippen molar-refractivity contribution in [2.24, 2.45) is 0 Å². The molecule has 2 N–H and O–H groups in total. The lowest BCUT2D eigenvalue weighted by Crippen LogP contribution is -2.39. The third kappa shape index (κ3) is 4.75. The maximum atomic E-state index is 9.81. The van der Waals surface area contributed by atoms with Crippen LogP contribution in [0.15, 0.2) is 11.6 Å². The van der Waals surface area contributed by atoms with Gasteiger partial charge in [-0.2, -0.15) is 0 Å². The highest BCUT2D eigenvalue weighted by Crippen LogP contribution is 2.12. The summed E-state index contributed by atoms with van der Waals surface area (Å²) in [5.74, 6) is 0. The van der Waals surface area contributed by atoms with Gasteiger partial charge in [0, 0.05) is 18.1 Å². The fourth-order valence-electron chi connectivity index (χ4n) is 0.931. The minimum absolute atomic E-state index is 0.559. The number of nitrogens with one attached hydrogen (secondary N) is 1. The van der Waals surface area contributed by atoms with Crippen molar-refractivity contribution < 1.29 is 5.11 Å². The molecule has 3 heteroatoms. The van der Waals surface area contributed by atoms with Crippen molar-refractivity contribution in [3.05, 3.63) is 11.6 Å². The highest BCUT2D eigenvalue weighted by Gasteiger charge is 2.20. The summed E-state index contributed by atoms with van der Waals surface area (Å²) < 4.78 is 0. The van der Waals surface area contributed by atoms with Gasteiger partial charge in [0.2, 0.25) is 0 Å². The quantitative estimate of drug-likeness (QED) is 0.672. The molecule has 0 amide bonds. The summed E-state index contributed by atoms with van der Waals surface area (Å²) in [6, 6.07) is 0. The summed E-state index contributed by atoms with van der Waals surface area (Å²) in [5.41, 5.74) is -0.591. The molecule has 0 unspecified atom stereocenters. The van der Waals surface area contributed by atoms with Crippen molar-refractivity contribution in [2.75, 3.05) is 13.1 Å². The lowest BCUT2D eigenvalue weighted by Gasteiger charge is -2.25. The first-order valence-electron chi connectivity index (χ1n) is 4.30. The van der Waals surface area contributed by atoms with Crippen molar-refractivity contribution in [2.45, 2.75) is 32.3 Å². The Morgan fingerprint density at radius 3 is 2.33 bits per heavy atom. The van der Waals surface area contributed by atoms with Crippen LogP contribution in [0.25, 0.3) is 0 Å². The van der Waals surface area contributed by atoms with Gasteiger partial charge in [-0.25, -0.2) is 0 Å². The van der Waals surface area contributed by atoms with Crippen LogP contribution in [-0.4, -0.2) is 23.8 Å². The minimum atomic E-state index is -0.591. The molecule has 0 saturated heterocycles. The molecule has 72 valence electrons. The van der Waals surface area contributed by atoms with Crippen LogP contribution >= 0.6 is 11.6 Å². The maximum Gasteiger partial charge on any atom is 0.0766 e. The van der Waals surface area contributed by atoms with Crippen LogP contribution in [0.5, 0.6) is 0 Å². The predicted molar refractivity (Wildman–Crippen MR) is 53.4 cm³/mol. The Kier molecular flexibility index (Phi) is 5.55. The Morgan fingerprint density at radius 2 is 2.00 bits per heavy atom. The Labute approximate surface area is 79.6 Å². The second-order valence-corrected chi connectivity index (χ2v) is 3.59. The number of rotatable bonds is 6. The summed E-state index contributed by atoms with van der Waals surface area (Å²) in [6.07, 6.45) is 1.51. The highest BCUT2D eigenvalue weighted by atomic mass is 35.5. The van der Waals surface area contributed by atoms with Gasteiger partial charge in [0.25, 0.3) is 0 Å². The molecule has 0 aromatic rings. The average Bonchev–Trinajstić information content (AvgIpc) is 2.03. The first-order valence-corrected chi connectivity index (χ1v) is 4.68. The van der Waals surface area contributed by atoms with E-state index in [-0.39, 0.29) is 0 Å². The van der Waals surface area contributed by atoms with E-state index in [2.05, 4.69) is 11.9 Å². The van der Waals surface area contributed by atoms with Crippen LogP contribution in [-0.2, 0) is 0 Å². The van der Waals surface area contributed by atoms with Crippen LogP contribution in [0, 0.1) is 0 Å². The Hall–Kier alpha value is -0.0500. The molecule has 0 spiro atoms. The van der Waals surface area contributed by atoms with E-state index in [1.165, 1.54) is 0 Å². The van der Waals surface area contributed by atoms with Crippen LogP contribution in [0.4, 0.5) is 0 Å². The van der Waals surface area contributed by atoms with Gasteiger partial charge in [-0.1, -0.05) is 32.0 Å². The maximum absolute atomic E-state index is 9.81. The molecule has 2 nitrogen and oxygen atoms in total. The van der Waals surface area contributed by atoms with E-state index in [4.69, 9.17) is 11.6 Å². The topological polar surface area (TPSA) is 32.3 Å². The first-order chi connectivity index (χ1) is 5.54. The SMILES string of the molecule is C=C(Cl)CNCC(O)(CC)CC. The van der Waals surface area contributed by atoms with Gasteiger partial charge < -0.3 is 10.4 Å². The second-order valence-electron chi connectivity index (χ2n) is 3.05. The van der Waals surface area contributed by atoms with E-state index in [1.807, 2.05) is 13.8 Å². The molecule has 0 aliphatic heterocycles. The van der Waals surface area contributed by atoms with E-state index < -0.39 is 5.60 Å². The number of hydrogen-bond donors (Lipinski definition) is 2. The summed E-state index contributed by atoms with van der Waals surface area (Å²) in [6.45, 7) is 8.63. The summed E-state index contributed by atoms with van der Waals surface area (Å²) in [4.78, 5) is 0. The standard InChI is InChI=1S/C9H18ClNO/c1-4-9(12,5-2)7-11-6-8(3)10/h11-12H,3-7H2,1-2H3. The zero-order valence-corrected chi connectivity index (χ0v) is 8.62. The molecule has 0 aromatic carbocycles. The van der Waals surface area contributed by atoms with Gasteiger partial charge >= 0.3 is 0 Å². The Bertz CT molecular complexity index is 143. The van der Waals surface area contributed by atoms with Crippen molar-refractivity contribution >= 4 is 11.6 Å².